The summed E-state index contributed by atoms with van der Waals surface area (Å²) in [7, 11) is -3.41. The van der Waals surface area contributed by atoms with Crippen molar-refractivity contribution in [2.75, 3.05) is 31.3 Å². The van der Waals surface area contributed by atoms with E-state index < -0.39 is 9.84 Å². The number of carbonyl (C=O) groups excluding carboxylic acids is 1. The predicted octanol–water partition coefficient (Wildman–Crippen LogP) is 2.77. The molecular weight excluding hydrogens is 384 g/mol. The number of benzene rings is 1. The highest BCUT2D eigenvalue weighted by Crippen LogP contribution is 2.21. The van der Waals surface area contributed by atoms with Crippen molar-refractivity contribution in [3.05, 3.63) is 46.7 Å². The van der Waals surface area contributed by atoms with Gasteiger partial charge in [-0.25, -0.2) is 8.42 Å². The number of sulfone groups is 1. The summed E-state index contributed by atoms with van der Waals surface area (Å²) in [5.74, 6) is -0.236. The molecule has 0 bridgehead atoms. The third kappa shape index (κ3) is 5.87. The van der Waals surface area contributed by atoms with Crippen molar-refractivity contribution in [3.8, 4) is 0 Å². The summed E-state index contributed by atoms with van der Waals surface area (Å²) in [6, 6.07) is 10.5. The van der Waals surface area contributed by atoms with Gasteiger partial charge in [-0.15, -0.1) is 11.3 Å². The van der Waals surface area contributed by atoms with Crippen molar-refractivity contribution in [3.63, 3.8) is 0 Å². The second-order valence-electron chi connectivity index (χ2n) is 6.70. The van der Waals surface area contributed by atoms with Crippen LogP contribution in [0.1, 0.15) is 17.7 Å². The molecule has 1 fully saturated rings. The molecule has 0 spiro atoms. The molecule has 0 saturated carbocycles. The number of ether oxygens (including phenoxy) is 1. The molecule has 1 atom stereocenters. The molecule has 146 valence electrons. The quantitative estimate of drug-likeness (QED) is 0.727. The summed E-state index contributed by atoms with van der Waals surface area (Å²) in [5.41, 5.74) is 0.318. The minimum absolute atomic E-state index is 0.127. The average Bonchev–Trinajstić information content (AvgIpc) is 3.28. The van der Waals surface area contributed by atoms with E-state index in [9.17, 15) is 13.2 Å². The second-order valence-corrected chi connectivity index (χ2v) is 9.72. The Balaban J connectivity index is 1.68. The van der Waals surface area contributed by atoms with Crippen LogP contribution in [0.15, 0.2) is 46.7 Å². The van der Waals surface area contributed by atoms with E-state index in [0.717, 1.165) is 25.7 Å². The molecular formula is C19H24N2O4S2. The summed E-state index contributed by atoms with van der Waals surface area (Å²) >= 11 is 1.65. The van der Waals surface area contributed by atoms with Crippen LogP contribution in [0, 0.1) is 0 Å². The fraction of sp³-hybridized carbons (Fsp3) is 0.421. The lowest BCUT2D eigenvalue weighted by Crippen LogP contribution is -2.37. The number of carbonyl (C=O) groups is 1. The normalized spacial score (nSPS) is 17.3. The Labute approximate surface area is 164 Å². The maximum Gasteiger partial charge on any atom is 0.238 e. The van der Waals surface area contributed by atoms with Gasteiger partial charge in [0.25, 0.3) is 0 Å². The van der Waals surface area contributed by atoms with Crippen LogP contribution in [0.4, 0.5) is 5.69 Å². The van der Waals surface area contributed by atoms with E-state index in [0.29, 0.717) is 18.8 Å². The van der Waals surface area contributed by atoms with Crippen LogP contribution in [0.25, 0.3) is 0 Å². The molecule has 1 aliphatic heterocycles. The maximum atomic E-state index is 12.6. The lowest BCUT2D eigenvalue weighted by atomic mass is 10.2. The molecule has 1 aromatic carbocycles. The van der Waals surface area contributed by atoms with E-state index >= 15 is 0 Å². The fourth-order valence-electron chi connectivity index (χ4n) is 3.17. The van der Waals surface area contributed by atoms with Gasteiger partial charge in [-0.1, -0.05) is 18.2 Å². The first-order valence-corrected chi connectivity index (χ1v) is 11.6. The smallest absolute Gasteiger partial charge is 0.238 e. The molecule has 0 aliphatic carbocycles. The Morgan fingerprint density at radius 2 is 2.11 bits per heavy atom. The van der Waals surface area contributed by atoms with Gasteiger partial charge in [-0.05, 0) is 36.4 Å². The predicted molar refractivity (Wildman–Crippen MR) is 107 cm³/mol. The molecule has 1 aromatic heterocycles. The van der Waals surface area contributed by atoms with Gasteiger partial charge in [0.05, 0.1) is 23.2 Å². The van der Waals surface area contributed by atoms with Gasteiger partial charge < -0.3 is 10.1 Å². The van der Waals surface area contributed by atoms with Crippen LogP contribution in [0.3, 0.4) is 0 Å². The molecule has 2 heterocycles. The molecule has 3 rings (SSSR count). The molecule has 1 N–H and O–H groups in total. The fourth-order valence-corrected chi connectivity index (χ4v) is 4.76. The highest BCUT2D eigenvalue weighted by atomic mass is 32.2. The highest BCUT2D eigenvalue weighted by Gasteiger charge is 2.22. The third-order valence-corrected chi connectivity index (χ3v) is 6.39. The third-order valence-electron chi connectivity index (χ3n) is 4.37. The first-order valence-electron chi connectivity index (χ1n) is 8.87. The van der Waals surface area contributed by atoms with Gasteiger partial charge in [0.15, 0.2) is 9.84 Å². The summed E-state index contributed by atoms with van der Waals surface area (Å²) in [6.45, 7) is 2.29. The van der Waals surface area contributed by atoms with Crippen LogP contribution in [-0.2, 0) is 25.9 Å². The summed E-state index contributed by atoms with van der Waals surface area (Å²) < 4.78 is 29.6. The number of nitrogens with zero attached hydrogens (tertiary/aromatic N) is 1. The van der Waals surface area contributed by atoms with E-state index in [2.05, 4.69) is 10.2 Å². The number of amides is 1. The van der Waals surface area contributed by atoms with Crippen LogP contribution < -0.4 is 5.32 Å². The minimum Gasteiger partial charge on any atom is -0.377 e. The van der Waals surface area contributed by atoms with E-state index in [-0.39, 0.29) is 23.5 Å². The molecule has 6 nitrogen and oxygen atoms in total. The van der Waals surface area contributed by atoms with Crippen LogP contribution in [0.5, 0.6) is 0 Å². The zero-order valence-corrected chi connectivity index (χ0v) is 16.9. The average molecular weight is 409 g/mol. The van der Waals surface area contributed by atoms with Gasteiger partial charge in [-0.3, -0.25) is 9.69 Å². The van der Waals surface area contributed by atoms with Crippen LogP contribution >= 0.6 is 11.3 Å². The monoisotopic (exact) mass is 408 g/mol. The Kier molecular flexibility index (Phi) is 6.64. The standard InChI is InChI=1S/C19H24N2O4S2/c1-27(23,24)18-9-3-2-8-17(18)20-19(22)14-21(12-15-6-4-10-25-15)13-16-7-5-11-26-16/h2-3,5,7-9,11,15H,4,6,10,12-14H2,1H3,(H,20,22)/t15-/m0/s1. The Hall–Kier alpha value is -1.74. The van der Waals surface area contributed by atoms with Crippen LogP contribution in [0.2, 0.25) is 0 Å². The van der Waals surface area contributed by atoms with Gasteiger partial charge in [0, 0.05) is 30.8 Å². The molecule has 1 saturated heterocycles. The van der Waals surface area contributed by atoms with Gasteiger partial charge >= 0.3 is 0 Å². The van der Waals surface area contributed by atoms with Crippen LogP contribution in [-0.4, -0.2) is 51.3 Å². The van der Waals surface area contributed by atoms with Crippen molar-refractivity contribution < 1.29 is 17.9 Å². The maximum absolute atomic E-state index is 12.6. The lowest BCUT2D eigenvalue weighted by molar-refractivity contribution is -0.117. The summed E-state index contributed by atoms with van der Waals surface area (Å²) in [4.78, 5) is 16.0. The number of para-hydroxylation sites is 1. The number of hydrogen-bond acceptors (Lipinski definition) is 6. The number of anilines is 1. The SMILES string of the molecule is CS(=O)(=O)c1ccccc1NC(=O)CN(Cc1cccs1)C[C@@H]1CCCO1. The Bertz CT molecular complexity index is 860. The second kappa shape index (κ2) is 8.97. The van der Waals surface area contributed by atoms with E-state index in [1.54, 1.807) is 29.5 Å². The van der Waals surface area contributed by atoms with Crippen molar-refractivity contribution in [2.45, 2.75) is 30.4 Å². The van der Waals surface area contributed by atoms with E-state index in [1.807, 2.05) is 17.5 Å². The van der Waals surface area contributed by atoms with Crippen molar-refractivity contribution in [1.82, 2.24) is 4.90 Å². The molecule has 2 aromatic rings. The Morgan fingerprint density at radius 1 is 1.30 bits per heavy atom. The summed E-state index contributed by atoms with van der Waals surface area (Å²) in [6.07, 6.45) is 3.32. The molecule has 0 unspecified atom stereocenters. The van der Waals surface area contributed by atoms with E-state index in [1.165, 1.54) is 10.9 Å². The number of thiophene rings is 1. The largest absolute Gasteiger partial charge is 0.377 e. The topological polar surface area (TPSA) is 75.7 Å². The Morgan fingerprint density at radius 3 is 2.78 bits per heavy atom. The van der Waals surface area contributed by atoms with Crippen molar-refractivity contribution in [1.29, 1.82) is 0 Å². The number of hydrogen-bond donors (Lipinski definition) is 1. The molecule has 0 radical (unpaired) electrons. The minimum atomic E-state index is -3.41. The van der Waals surface area contributed by atoms with Gasteiger partial charge in [0.1, 0.15) is 0 Å². The van der Waals surface area contributed by atoms with Gasteiger partial charge in [-0.2, -0.15) is 0 Å². The molecule has 1 aliphatic rings. The first-order chi connectivity index (χ1) is 12.9. The van der Waals surface area contributed by atoms with Crippen molar-refractivity contribution in [2.24, 2.45) is 0 Å². The number of nitrogens with one attached hydrogen (secondary N) is 1. The lowest BCUT2D eigenvalue weighted by Gasteiger charge is -2.24. The molecule has 8 heteroatoms. The molecule has 1 amide bonds. The molecule has 27 heavy (non-hydrogen) atoms. The highest BCUT2D eigenvalue weighted by molar-refractivity contribution is 7.90. The summed E-state index contributed by atoms with van der Waals surface area (Å²) in [5, 5.41) is 4.77. The van der Waals surface area contributed by atoms with E-state index in [4.69, 9.17) is 4.74 Å². The van der Waals surface area contributed by atoms with Crippen molar-refractivity contribution >= 4 is 32.8 Å². The van der Waals surface area contributed by atoms with Gasteiger partial charge in [0.2, 0.25) is 5.91 Å². The zero-order chi connectivity index (χ0) is 19.3. The number of rotatable bonds is 8. The first kappa shape index (κ1) is 20.0. The zero-order valence-electron chi connectivity index (χ0n) is 15.3.